The van der Waals surface area contributed by atoms with Crippen molar-refractivity contribution < 1.29 is 4.79 Å². The van der Waals surface area contributed by atoms with Crippen molar-refractivity contribution in [2.24, 2.45) is 0 Å². The number of carbonyl (C=O) groups is 1. The molecular weight excluding hydrogens is 132 g/mol. The molecule has 0 heterocycles. The zero-order chi connectivity index (χ0) is 7.11. The van der Waals surface area contributed by atoms with Gasteiger partial charge in [-0.3, -0.25) is 4.79 Å². The number of hydrogen-bond acceptors (Lipinski definition) is 2. The maximum absolute atomic E-state index is 10.3. The van der Waals surface area contributed by atoms with Crippen LogP contribution in [0.3, 0.4) is 0 Å². The van der Waals surface area contributed by atoms with Crippen LogP contribution in [0.15, 0.2) is 11.5 Å². The summed E-state index contributed by atoms with van der Waals surface area (Å²) in [7, 11) is 0. The molecule has 0 fully saturated rings. The van der Waals surface area contributed by atoms with E-state index in [1.165, 1.54) is 0 Å². The van der Waals surface area contributed by atoms with E-state index in [2.05, 4.69) is 6.92 Å². The van der Waals surface area contributed by atoms with Crippen molar-refractivity contribution in [3.05, 3.63) is 11.5 Å². The second-order valence-electron chi connectivity index (χ2n) is 1.78. The molecule has 0 atom stereocenters. The molecule has 0 radical (unpaired) electrons. The predicted molar refractivity (Wildman–Crippen MR) is 42.6 cm³/mol. The number of hydrogen-bond donors (Lipinski definition) is 0. The summed E-state index contributed by atoms with van der Waals surface area (Å²) in [6.07, 6.45) is 2.76. The van der Waals surface area contributed by atoms with E-state index < -0.39 is 0 Å². The van der Waals surface area contributed by atoms with E-state index in [9.17, 15) is 4.79 Å². The quantitative estimate of drug-likeness (QED) is 0.444. The molecule has 0 aliphatic carbocycles. The first-order chi connectivity index (χ1) is 4.27. The van der Waals surface area contributed by atoms with Gasteiger partial charge in [0.15, 0.2) is 5.78 Å². The van der Waals surface area contributed by atoms with Crippen molar-refractivity contribution in [3.63, 3.8) is 0 Å². The molecule has 0 unspecified atom stereocenters. The molecule has 9 heavy (non-hydrogen) atoms. The van der Waals surface area contributed by atoms with Gasteiger partial charge in [0, 0.05) is 0 Å². The molecule has 0 rings (SSSR count). The van der Waals surface area contributed by atoms with Gasteiger partial charge in [0.1, 0.15) is 0 Å². The summed E-state index contributed by atoms with van der Waals surface area (Å²) in [5.41, 5.74) is 0. The highest BCUT2D eigenvalue weighted by atomic mass is 32.2. The highest BCUT2D eigenvalue weighted by Crippen LogP contribution is 2.02. The molecule has 2 heteroatoms. The van der Waals surface area contributed by atoms with Crippen molar-refractivity contribution in [2.75, 3.05) is 5.75 Å². The van der Waals surface area contributed by atoms with E-state index in [4.69, 9.17) is 0 Å². The van der Waals surface area contributed by atoms with Crippen LogP contribution < -0.4 is 0 Å². The predicted octanol–water partition coefficient (Wildman–Crippen LogP) is 2.23. The molecule has 0 spiro atoms. The van der Waals surface area contributed by atoms with Gasteiger partial charge in [-0.05, 0) is 30.6 Å². The van der Waals surface area contributed by atoms with E-state index in [0.717, 1.165) is 12.2 Å². The molecule has 1 nitrogen and oxygen atoms in total. The molecule has 0 bridgehead atoms. The number of ketones is 1. The summed E-state index contributed by atoms with van der Waals surface area (Å²) in [6.45, 7) is 3.68. The molecule has 0 aromatic heterocycles. The molecule has 0 aromatic rings. The second kappa shape index (κ2) is 5.89. The van der Waals surface area contributed by atoms with E-state index in [1.807, 2.05) is 5.41 Å². The summed E-state index contributed by atoms with van der Waals surface area (Å²) in [4.78, 5) is 10.3. The minimum absolute atomic E-state index is 0.124. The Kier molecular flexibility index (Phi) is 5.73. The first-order valence-corrected chi connectivity index (χ1v) is 4.11. The van der Waals surface area contributed by atoms with E-state index >= 15 is 0 Å². The Labute approximate surface area is 60.5 Å². The minimum atomic E-state index is 0.124. The lowest BCUT2D eigenvalue weighted by Gasteiger charge is -1.85. The van der Waals surface area contributed by atoms with Crippen LogP contribution in [0.2, 0.25) is 0 Å². The fourth-order valence-electron chi connectivity index (χ4n) is 0.330. The Hall–Kier alpha value is -0.240. The molecule has 0 saturated carbocycles. The summed E-state index contributed by atoms with van der Waals surface area (Å²) >= 11 is 1.68. The van der Waals surface area contributed by atoms with Crippen LogP contribution in [0.1, 0.15) is 20.3 Å². The molecule has 0 N–H and O–H groups in total. The summed E-state index contributed by atoms with van der Waals surface area (Å²) in [6, 6.07) is 0. The second-order valence-corrected chi connectivity index (χ2v) is 2.80. The lowest BCUT2D eigenvalue weighted by atomic mass is 10.5. The van der Waals surface area contributed by atoms with Gasteiger partial charge < -0.3 is 0 Å². The van der Waals surface area contributed by atoms with Gasteiger partial charge in [-0.2, -0.15) is 0 Å². The van der Waals surface area contributed by atoms with Gasteiger partial charge in [0.2, 0.25) is 0 Å². The topological polar surface area (TPSA) is 17.1 Å². The normalized spacial score (nSPS) is 10.4. The third-order valence-corrected chi connectivity index (χ3v) is 1.69. The Morgan fingerprint density at radius 3 is 2.78 bits per heavy atom. The average Bonchev–Trinajstić information content (AvgIpc) is 1.80. The van der Waals surface area contributed by atoms with Gasteiger partial charge in [-0.25, -0.2) is 0 Å². The molecule has 0 aliphatic rings. The largest absolute Gasteiger partial charge is 0.295 e. The van der Waals surface area contributed by atoms with E-state index in [0.29, 0.717) is 0 Å². The zero-order valence-corrected chi connectivity index (χ0v) is 6.70. The van der Waals surface area contributed by atoms with Crippen LogP contribution in [-0.2, 0) is 4.79 Å². The minimum Gasteiger partial charge on any atom is -0.295 e. The highest BCUT2D eigenvalue weighted by Gasteiger charge is 1.80. The van der Waals surface area contributed by atoms with Crippen LogP contribution in [0, 0.1) is 0 Å². The van der Waals surface area contributed by atoms with E-state index in [1.54, 1.807) is 24.8 Å². The standard InChI is InChI=1S/C7H12OS/c1-3-5-9-6-4-7(2)8/h4,6H,3,5H2,1-2H3/b6-4+. The summed E-state index contributed by atoms with van der Waals surface area (Å²) in [5.74, 6) is 1.22. The Balaban J connectivity index is 3.15. The molecule has 52 valence electrons. The maximum atomic E-state index is 10.3. The fourth-order valence-corrected chi connectivity index (χ4v) is 0.989. The van der Waals surface area contributed by atoms with Crippen molar-refractivity contribution in [1.29, 1.82) is 0 Å². The van der Waals surface area contributed by atoms with Gasteiger partial charge in [0.25, 0.3) is 0 Å². The van der Waals surface area contributed by atoms with Crippen LogP contribution >= 0.6 is 11.8 Å². The van der Waals surface area contributed by atoms with Crippen molar-refractivity contribution >= 4 is 17.5 Å². The molecule has 0 aromatic carbocycles. The zero-order valence-electron chi connectivity index (χ0n) is 5.89. The van der Waals surface area contributed by atoms with Crippen LogP contribution in [-0.4, -0.2) is 11.5 Å². The van der Waals surface area contributed by atoms with Crippen LogP contribution in [0.25, 0.3) is 0 Å². The third kappa shape index (κ3) is 7.76. The fraction of sp³-hybridized carbons (Fsp3) is 0.571. The van der Waals surface area contributed by atoms with Crippen molar-refractivity contribution in [2.45, 2.75) is 20.3 Å². The van der Waals surface area contributed by atoms with Gasteiger partial charge in [-0.1, -0.05) is 6.92 Å². The monoisotopic (exact) mass is 144 g/mol. The van der Waals surface area contributed by atoms with Crippen LogP contribution in [0.4, 0.5) is 0 Å². The van der Waals surface area contributed by atoms with Crippen molar-refractivity contribution in [3.8, 4) is 0 Å². The number of thioether (sulfide) groups is 1. The summed E-state index contributed by atoms with van der Waals surface area (Å²) in [5, 5.41) is 1.85. The Morgan fingerprint density at radius 1 is 1.67 bits per heavy atom. The molecular formula is C7H12OS. The summed E-state index contributed by atoms with van der Waals surface area (Å²) < 4.78 is 0. The van der Waals surface area contributed by atoms with Crippen molar-refractivity contribution in [1.82, 2.24) is 0 Å². The lowest BCUT2D eigenvalue weighted by Crippen LogP contribution is -1.78. The third-order valence-electron chi connectivity index (χ3n) is 0.721. The lowest BCUT2D eigenvalue weighted by molar-refractivity contribution is -0.112. The first-order valence-electron chi connectivity index (χ1n) is 3.06. The SMILES string of the molecule is CCCS/C=C/C(C)=O. The number of carbonyl (C=O) groups excluding carboxylic acids is 1. The molecule has 0 aliphatic heterocycles. The highest BCUT2D eigenvalue weighted by molar-refractivity contribution is 8.02. The number of allylic oxidation sites excluding steroid dienone is 1. The maximum Gasteiger partial charge on any atom is 0.153 e. The first kappa shape index (κ1) is 8.76. The van der Waals surface area contributed by atoms with Gasteiger partial charge >= 0.3 is 0 Å². The van der Waals surface area contributed by atoms with E-state index in [-0.39, 0.29) is 5.78 Å². The number of rotatable bonds is 4. The van der Waals surface area contributed by atoms with Crippen LogP contribution in [0.5, 0.6) is 0 Å². The smallest absolute Gasteiger partial charge is 0.153 e. The Bertz CT molecular complexity index is 107. The van der Waals surface area contributed by atoms with Gasteiger partial charge in [0.05, 0.1) is 0 Å². The Morgan fingerprint density at radius 2 is 2.33 bits per heavy atom. The molecule has 0 amide bonds. The molecule has 0 saturated heterocycles. The van der Waals surface area contributed by atoms with Gasteiger partial charge in [-0.15, -0.1) is 11.8 Å². The average molecular weight is 144 g/mol.